The molecular weight excluding hydrogens is 234 g/mol. The molecule has 19 heavy (non-hydrogen) atoms. The van der Waals surface area contributed by atoms with Gasteiger partial charge in [-0.1, -0.05) is 19.8 Å². The van der Waals surface area contributed by atoms with E-state index in [1.54, 1.807) is 0 Å². The van der Waals surface area contributed by atoms with E-state index in [0.717, 1.165) is 36.9 Å². The summed E-state index contributed by atoms with van der Waals surface area (Å²) in [6.07, 6.45) is 8.79. The van der Waals surface area contributed by atoms with Gasteiger partial charge in [0.15, 0.2) is 0 Å². The number of hydrogen-bond acceptors (Lipinski definition) is 3. The Kier molecular flexibility index (Phi) is 3.72. The monoisotopic (exact) mass is 259 g/mol. The predicted octanol–water partition coefficient (Wildman–Crippen LogP) is 3.69. The fourth-order valence-electron chi connectivity index (χ4n) is 3.62. The fraction of sp³-hybridized carbons (Fsp3) is 0.750. The molecule has 0 amide bonds. The second kappa shape index (κ2) is 5.48. The van der Waals surface area contributed by atoms with Gasteiger partial charge in [0.1, 0.15) is 11.6 Å². The number of nitrogens with one attached hydrogen (secondary N) is 1. The van der Waals surface area contributed by atoms with Crippen LogP contribution in [0.1, 0.15) is 69.0 Å². The quantitative estimate of drug-likeness (QED) is 0.899. The highest BCUT2D eigenvalue weighted by molar-refractivity contribution is 5.49. The van der Waals surface area contributed by atoms with E-state index in [4.69, 9.17) is 9.97 Å². The zero-order valence-electron chi connectivity index (χ0n) is 12.2. The highest BCUT2D eigenvalue weighted by atomic mass is 15.0. The topological polar surface area (TPSA) is 37.8 Å². The van der Waals surface area contributed by atoms with Crippen molar-refractivity contribution in [2.24, 2.45) is 5.92 Å². The summed E-state index contributed by atoms with van der Waals surface area (Å²) < 4.78 is 0. The van der Waals surface area contributed by atoms with Crippen molar-refractivity contribution in [2.75, 3.05) is 11.9 Å². The van der Waals surface area contributed by atoms with E-state index in [2.05, 4.69) is 19.2 Å². The summed E-state index contributed by atoms with van der Waals surface area (Å²) in [5.41, 5.74) is 2.70. The first-order valence-corrected chi connectivity index (χ1v) is 7.91. The van der Waals surface area contributed by atoms with Crippen LogP contribution in [0, 0.1) is 5.92 Å². The van der Waals surface area contributed by atoms with Gasteiger partial charge in [-0.3, -0.25) is 0 Å². The van der Waals surface area contributed by atoms with Crippen LogP contribution < -0.4 is 5.32 Å². The minimum absolute atomic E-state index is 0.590. The Hall–Kier alpha value is -1.12. The normalized spacial score (nSPS) is 26.2. The summed E-state index contributed by atoms with van der Waals surface area (Å²) in [4.78, 5) is 9.77. The van der Waals surface area contributed by atoms with E-state index >= 15 is 0 Å². The molecule has 2 atom stereocenters. The molecule has 3 nitrogen and oxygen atoms in total. The molecule has 1 fully saturated rings. The SMILES string of the molecule is CCNc1nc(C2CCCC(C)C2)nc2c1CCC2. The van der Waals surface area contributed by atoms with E-state index in [1.165, 1.54) is 43.4 Å². The summed E-state index contributed by atoms with van der Waals surface area (Å²) in [6.45, 7) is 5.46. The third-order valence-electron chi connectivity index (χ3n) is 4.60. The van der Waals surface area contributed by atoms with Crippen LogP contribution >= 0.6 is 0 Å². The maximum atomic E-state index is 4.90. The van der Waals surface area contributed by atoms with E-state index < -0.39 is 0 Å². The van der Waals surface area contributed by atoms with Gasteiger partial charge in [0.2, 0.25) is 0 Å². The van der Waals surface area contributed by atoms with Gasteiger partial charge in [-0.05, 0) is 44.9 Å². The third-order valence-corrected chi connectivity index (χ3v) is 4.60. The first-order valence-electron chi connectivity index (χ1n) is 7.91. The fourth-order valence-corrected chi connectivity index (χ4v) is 3.62. The number of hydrogen-bond donors (Lipinski definition) is 1. The first-order chi connectivity index (χ1) is 9.28. The Balaban J connectivity index is 1.91. The average molecular weight is 259 g/mol. The van der Waals surface area contributed by atoms with Crippen molar-refractivity contribution in [1.29, 1.82) is 0 Å². The largest absolute Gasteiger partial charge is 0.370 e. The van der Waals surface area contributed by atoms with Crippen molar-refractivity contribution in [1.82, 2.24) is 9.97 Å². The van der Waals surface area contributed by atoms with Crippen LogP contribution in [0.5, 0.6) is 0 Å². The minimum Gasteiger partial charge on any atom is -0.370 e. The van der Waals surface area contributed by atoms with Crippen LogP contribution in [0.15, 0.2) is 0 Å². The molecular formula is C16H25N3. The Morgan fingerprint density at radius 3 is 2.84 bits per heavy atom. The minimum atomic E-state index is 0.590. The summed E-state index contributed by atoms with van der Waals surface area (Å²) in [5, 5.41) is 3.45. The van der Waals surface area contributed by atoms with Crippen molar-refractivity contribution in [3.63, 3.8) is 0 Å². The van der Waals surface area contributed by atoms with Crippen LogP contribution in [0.3, 0.4) is 0 Å². The molecule has 1 aromatic rings. The van der Waals surface area contributed by atoms with Crippen LogP contribution in [0.25, 0.3) is 0 Å². The van der Waals surface area contributed by atoms with E-state index in [1.807, 2.05) is 0 Å². The Morgan fingerprint density at radius 2 is 2.05 bits per heavy atom. The third kappa shape index (κ3) is 2.60. The van der Waals surface area contributed by atoms with Gasteiger partial charge in [-0.2, -0.15) is 0 Å². The van der Waals surface area contributed by atoms with Crippen LogP contribution in [0.4, 0.5) is 5.82 Å². The van der Waals surface area contributed by atoms with E-state index in [0.29, 0.717) is 5.92 Å². The second-order valence-electron chi connectivity index (χ2n) is 6.21. The van der Waals surface area contributed by atoms with E-state index in [9.17, 15) is 0 Å². The van der Waals surface area contributed by atoms with Crippen molar-refractivity contribution < 1.29 is 0 Å². The average Bonchev–Trinajstić information content (AvgIpc) is 2.87. The maximum absolute atomic E-state index is 4.90. The van der Waals surface area contributed by atoms with Gasteiger partial charge in [0.05, 0.1) is 0 Å². The van der Waals surface area contributed by atoms with Gasteiger partial charge in [0.25, 0.3) is 0 Å². The highest BCUT2D eigenvalue weighted by Gasteiger charge is 2.26. The van der Waals surface area contributed by atoms with Crippen molar-refractivity contribution >= 4 is 5.82 Å². The smallest absolute Gasteiger partial charge is 0.134 e. The number of anilines is 1. The maximum Gasteiger partial charge on any atom is 0.134 e. The molecule has 2 unspecified atom stereocenters. The molecule has 0 radical (unpaired) electrons. The Labute approximate surface area is 116 Å². The lowest BCUT2D eigenvalue weighted by Gasteiger charge is -2.26. The van der Waals surface area contributed by atoms with Crippen molar-refractivity contribution in [3.8, 4) is 0 Å². The van der Waals surface area contributed by atoms with Gasteiger partial charge >= 0.3 is 0 Å². The molecule has 3 heteroatoms. The van der Waals surface area contributed by atoms with Gasteiger partial charge in [-0.25, -0.2) is 9.97 Å². The molecule has 0 saturated heterocycles. The molecule has 1 saturated carbocycles. The predicted molar refractivity (Wildman–Crippen MR) is 78.6 cm³/mol. The molecule has 0 aromatic carbocycles. The zero-order chi connectivity index (χ0) is 13.2. The van der Waals surface area contributed by atoms with E-state index in [-0.39, 0.29) is 0 Å². The molecule has 0 bridgehead atoms. The Morgan fingerprint density at radius 1 is 1.16 bits per heavy atom. The van der Waals surface area contributed by atoms with Crippen molar-refractivity contribution in [3.05, 3.63) is 17.1 Å². The highest BCUT2D eigenvalue weighted by Crippen LogP contribution is 2.36. The molecule has 0 spiro atoms. The molecule has 1 heterocycles. The lowest BCUT2D eigenvalue weighted by Crippen LogP contribution is -2.16. The molecule has 0 aliphatic heterocycles. The number of fused-ring (bicyclic) bond motifs is 1. The van der Waals surface area contributed by atoms with Gasteiger partial charge < -0.3 is 5.32 Å². The van der Waals surface area contributed by atoms with Gasteiger partial charge in [0, 0.05) is 23.7 Å². The molecule has 104 valence electrons. The molecule has 2 aliphatic carbocycles. The molecule has 2 aliphatic rings. The number of rotatable bonds is 3. The van der Waals surface area contributed by atoms with Crippen LogP contribution in [0.2, 0.25) is 0 Å². The standard InChI is InChI=1S/C16H25N3/c1-3-17-16-13-8-5-9-14(13)18-15(19-16)12-7-4-6-11(2)10-12/h11-12H,3-10H2,1-2H3,(H,17,18,19). The number of nitrogens with zero attached hydrogens (tertiary/aromatic N) is 2. The number of aromatic nitrogens is 2. The summed E-state index contributed by atoms with van der Waals surface area (Å²) in [5.74, 6) is 3.66. The van der Waals surface area contributed by atoms with Crippen LogP contribution in [-0.2, 0) is 12.8 Å². The molecule has 1 aromatic heterocycles. The van der Waals surface area contributed by atoms with Gasteiger partial charge in [-0.15, -0.1) is 0 Å². The lowest BCUT2D eigenvalue weighted by atomic mass is 9.82. The summed E-state index contributed by atoms with van der Waals surface area (Å²) >= 11 is 0. The summed E-state index contributed by atoms with van der Waals surface area (Å²) in [7, 11) is 0. The summed E-state index contributed by atoms with van der Waals surface area (Å²) in [6, 6.07) is 0. The first kappa shape index (κ1) is 12.9. The molecule has 1 N–H and O–H groups in total. The van der Waals surface area contributed by atoms with Crippen LogP contribution in [-0.4, -0.2) is 16.5 Å². The second-order valence-corrected chi connectivity index (χ2v) is 6.21. The Bertz CT molecular complexity index is 456. The number of aryl methyl sites for hydroxylation is 1. The van der Waals surface area contributed by atoms with Crippen molar-refractivity contribution in [2.45, 2.75) is 64.7 Å². The lowest BCUT2D eigenvalue weighted by molar-refractivity contribution is 0.335. The zero-order valence-corrected chi connectivity index (χ0v) is 12.2. The molecule has 3 rings (SSSR count).